The first-order chi connectivity index (χ1) is 13.1. The van der Waals surface area contributed by atoms with Crippen molar-refractivity contribution < 1.29 is 24.2 Å². The van der Waals surface area contributed by atoms with Crippen molar-refractivity contribution in [3.63, 3.8) is 0 Å². The SMILES string of the molecule is COC(=O)[C@H](CO)NC(=O)C[C@H](/C=C/C#C[Si](C(C)C)(C(C)C)C(C)C)OC. The van der Waals surface area contributed by atoms with Gasteiger partial charge in [0.15, 0.2) is 6.04 Å². The second-order valence-electron chi connectivity index (χ2n) is 7.83. The second-order valence-corrected chi connectivity index (χ2v) is 13.4. The molecule has 2 N–H and O–H groups in total. The largest absolute Gasteiger partial charge is 0.467 e. The quantitative estimate of drug-likeness (QED) is 0.328. The molecule has 0 aromatic heterocycles. The Kier molecular flexibility index (Phi) is 12.0. The van der Waals surface area contributed by atoms with Crippen molar-refractivity contribution in [3.8, 4) is 11.5 Å². The Hall–Kier alpha value is -1.62. The molecule has 0 radical (unpaired) electrons. The molecule has 0 heterocycles. The number of nitrogens with one attached hydrogen (secondary N) is 1. The number of ether oxygens (including phenoxy) is 2. The molecule has 0 spiro atoms. The van der Waals surface area contributed by atoms with Gasteiger partial charge < -0.3 is 19.9 Å². The molecule has 1 amide bonds. The molecule has 2 atom stereocenters. The Morgan fingerprint density at radius 3 is 2.00 bits per heavy atom. The minimum absolute atomic E-state index is 0.0172. The summed E-state index contributed by atoms with van der Waals surface area (Å²) in [4.78, 5) is 23.5. The van der Waals surface area contributed by atoms with Gasteiger partial charge in [-0.15, -0.1) is 5.54 Å². The molecule has 28 heavy (non-hydrogen) atoms. The Labute approximate surface area is 171 Å². The van der Waals surface area contributed by atoms with E-state index in [9.17, 15) is 14.7 Å². The fraction of sp³-hybridized carbons (Fsp3) is 0.714. The van der Waals surface area contributed by atoms with E-state index in [0.717, 1.165) is 0 Å². The normalized spacial score (nSPS) is 14.1. The number of carbonyl (C=O) groups excluding carboxylic acids is 2. The first-order valence-electron chi connectivity index (χ1n) is 9.76. The van der Waals surface area contributed by atoms with Crippen LogP contribution in [0.2, 0.25) is 16.6 Å². The maximum atomic E-state index is 12.1. The summed E-state index contributed by atoms with van der Waals surface area (Å²) in [7, 11) is 0.912. The lowest BCUT2D eigenvalue weighted by Gasteiger charge is -2.38. The molecule has 0 bridgehead atoms. The summed E-state index contributed by atoms with van der Waals surface area (Å²) >= 11 is 0. The number of hydrogen-bond acceptors (Lipinski definition) is 5. The number of methoxy groups -OCH3 is 2. The zero-order chi connectivity index (χ0) is 21.9. The van der Waals surface area contributed by atoms with Crippen molar-refractivity contribution in [2.75, 3.05) is 20.8 Å². The smallest absolute Gasteiger partial charge is 0.330 e. The van der Waals surface area contributed by atoms with E-state index in [0.29, 0.717) is 16.6 Å². The molecule has 0 saturated carbocycles. The number of aliphatic hydroxyl groups is 1. The number of allylic oxidation sites excluding steroid dienone is 1. The van der Waals surface area contributed by atoms with Gasteiger partial charge in [0.1, 0.15) is 8.07 Å². The highest BCUT2D eigenvalue weighted by Crippen LogP contribution is 2.40. The molecular weight excluding hydrogens is 374 g/mol. The number of carbonyl (C=O) groups is 2. The van der Waals surface area contributed by atoms with E-state index >= 15 is 0 Å². The molecule has 0 unspecified atom stereocenters. The predicted molar refractivity (Wildman–Crippen MR) is 114 cm³/mol. The third-order valence-corrected chi connectivity index (χ3v) is 11.6. The lowest BCUT2D eigenvalue weighted by atomic mass is 10.2. The van der Waals surface area contributed by atoms with Crippen molar-refractivity contribution in [3.05, 3.63) is 12.2 Å². The van der Waals surface area contributed by atoms with Gasteiger partial charge in [0.2, 0.25) is 5.91 Å². The van der Waals surface area contributed by atoms with Crippen LogP contribution in [0.25, 0.3) is 0 Å². The number of aliphatic hydroxyl groups excluding tert-OH is 1. The molecule has 0 fully saturated rings. The monoisotopic (exact) mass is 411 g/mol. The van der Waals surface area contributed by atoms with Crippen molar-refractivity contribution >= 4 is 20.0 Å². The van der Waals surface area contributed by atoms with E-state index in [2.05, 4.69) is 63.1 Å². The molecule has 0 aliphatic carbocycles. The second kappa shape index (κ2) is 12.8. The highest BCUT2D eigenvalue weighted by atomic mass is 28.3. The van der Waals surface area contributed by atoms with Gasteiger partial charge in [-0.2, -0.15) is 0 Å². The minimum atomic E-state index is -1.80. The standard InChI is InChI=1S/C21H37NO5Si/c1-15(2)28(16(3)4,17(5)6)12-10-9-11-18(26-7)13-20(24)22-19(14-23)21(25)27-8/h9,11,15-19,23H,13-14H2,1-8H3,(H,22,24)/b11-9+/t18-,19-/m0/s1. The van der Waals surface area contributed by atoms with Crippen LogP contribution in [0, 0.1) is 11.5 Å². The summed E-state index contributed by atoms with van der Waals surface area (Å²) in [6, 6.07) is -1.08. The van der Waals surface area contributed by atoms with Crippen molar-refractivity contribution in [1.29, 1.82) is 0 Å². The zero-order valence-electron chi connectivity index (χ0n) is 18.5. The molecule has 160 valence electrons. The van der Waals surface area contributed by atoms with E-state index in [1.54, 1.807) is 12.2 Å². The topological polar surface area (TPSA) is 84.9 Å². The molecule has 0 rings (SSSR count). The lowest BCUT2D eigenvalue weighted by Crippen LogP contribution is -2.44. The van der Waals surface area contributed by atoms with Crippen molar-refractivity contribution in [2.24, 2.45) is 0 Å². The van der Waals surface area contributed by atoms with Gasteiger partial charge in [0, 0.05) is 7.11 Å². The molecule has 0 aliphatic heterocycles. The van der Waals surface area contributed by atoms with Gasteiger partial charge in [-0.25, -0.2) is 4.79 Å². The van der Waals surface area contributed by atoms with Gasteiger partial charge in [0.25, 0.3) is 0 Å². The highest BCUT2D eigenvalue weighted by Gasteiger charge is 2.41. The summed E-state index contributed by atoms with van der Waals surface area (Å²) in [6.07, 6.45) is 3.04. The van der Waals surface area contributed by atoms with Crippen molar-refractivity contribution in [2.45, 2.75) is 76.7 Å². The van der Waals surface area contributed by atoms with E-state index < -0.39 is 38.7 Å². The molecular formula is C21H37NO5Si. The van der Waals surface area contributed by atoms with E-state index in [-0.39, 0.29) is 6.42 Å². The number of rotatable bonds is 10. The van der Waals surface area contributed by atoms with Gasteiger partial charge >= 0.3 is 5.97 Å². The fourth-order valence-electron chi connectivity index (χ4n) is 3.74. The van der Waals surface area contributed by atoms with Crippen LogP contribution in [0.1, 0.15) is 48.0 Å². The van der Waals surface area contributed by atoms with Crippen LogP contribution in [-0.2, 0) is 19.1 Å². The van der Waals surface area contributed by atoms with Crippen LogP contribution < -0.4 is 5.32 Å². The highest BCUT2D eigenvalue weighted by molar-refractivity contribution is 6.90. The van der Waals surface area contributed by atoms with E-state index in [1.807, 2.05) is 0 Å². The van der Waals surface area contributed by atoms with E-state index in [4.69, 9.17) is 4.74 Å². The fourth-order valence-corrected chi connectivity index (χ4v) is 8.94. The van der Waals surface area contributed by atoms with E-state index in [1.165, 1.54) is 14.2 Å². The van der Waals surface area contributed by atoms with Crippen molar-refractivity contribution in [1.82, 2.24) is 5.32 Å². The van der Waals surface area contributed by atoms with Crippen LogP contribution in [0.4, 0.5) is 0 Å². The summed E-state index contributed by atoms with van der Waals surface area (Å²) in [6.45, 7) is 13.0. The maximum absolute atomic E-state index is 12.1. The van der Waals surface area contributed by atoms with Crippen LogP contribution >= 0.6 is 0 Å². The number of hydrogen-bond donors (Lipinski definition) is 2. The van der Waals surface area contributed by atoms with Gasteiger partial charge in [0.05, 0.1) is 26.2 Å². The Balaban J connectivity index is 5.14. The average molecular weight is 412 g/mol. The third kappa shape index (κ3) is 7.42. The zero-order valence-corrected chi connectivity index (χ0v) is 19.5. The third-order valence-electron chi connectivity index (χ3n) is 5.24. The Morgan fingerprint density at radius 2 is 1.61 bits per heavy atom. The molecule has 0 aromatic carbocycles. The van der Waals surface area contributed by atoms with Gasteiger partial charge in [-0.1, -0.05) is 47.5 Å². The summed E-state index contributed by atoms with van der Waals surface area (Å²) in [5.41, 5.74) is 5.22. The first-order valence-corrected chi connectivity index (χ1v) is 12.0. The molecule has 0 saturated heterocycles. The lowest BCUT2D eigenvalue weighted by molar-refractivity contribution is -0.146. The minimum Gasteiger partial charge on any atom is -0.467 e. The number of esters is 1. The Bertz CT molecular complexity index is 568. The van der Waals surface area contributed by atoms with Crippen LogP contribution in [0.3, 0.4) is 0 Å². The molecule has 6 nitrogen and oxygen atoms in total. The first kappa shape index (κ1) is 26.4. The predicted octanol–water partition coefficient (Wildman–Crippen LogP) is 2.82. The van der Waals surface area contributed by atoms with Crippen LogP contribution in [0.15, 0.2) is 12.2 Å². The molecule has 0 aromatic rings. The van der Waals surface area contributed by atoms with Gasteiger partial charge in [-0.05, 0) is 28.8 Å². The average Bonchev–Trinajstić information content (AvgIpc) is 2.63. The Morgan fingerprint density at radius 1 is 1.07 bits per heavy atom. The summed E-state index contributed by atoms with van der Waals surface area (Å²) < 4.78 is 9.85. The summed E-state index contributed by atoms with van der Waals surface area (Å²) in [5, 5.41) is 11.6. The molecule has 7 heteroatoms. The maximum Gasteiger partial charge on any atom is 0.330 e. The van der Waals surface area contributed by atoms with Gasteiger partial charge in [-0.3, -0.25) is 4.79 Å². The number of amides is 1. The molecule has 0 aliphatic rings. The summed E-state index contributed by atoms with van der Waals surface area (Å²) in [5.74, 6) is 2.09. The van der Waals surface area contributed by atoms with Crippen LogP contribution in [0.5, 0.6) is 0 Å². The van der Waals surface area contributed by atoms with Crippen LogP contribution in [-0.4, -0.2) is 58.0 Å².